The number of carbonyl (C=O) groups is 2. The molecule has 1 aliphatic carbocycles. The van der Waals surface area contributed by atoms with E-state index in [2.05, 4.69) is 30.6 Å². The van der Waals surface area contributed by atoms with Crippen LogP contribution in [-0.2, 0) is 4.79 Å². The van der Waals surface area contributed by atoms with E-state index in [1.807, 2.05) is 4.90 Å². The first-order valence-corrected chi connectivity index (χ1v) is 9.51. The number of hydrogen-bond donors (Lipinski definition) is 1. The fourth-order valence-electron chi connectivity index (χ4n) is 4.52. The molecule has 0 radical (unpaired) electrons. The van der Waals surface area contributed by atoms with E-state index in [4.69, 9.17) is 0 Å². The molecule has 2 aromatic rings. The molecule has 3 fully saturated rings. The quantitative estimate of drug-likeness (QED) is 0.836. The van der Waals surface area contributed by atoms with E-state index < -0.39 is 0 Å². The van der Waals surface area contributed by atoms with Gasteiger partial charge in [-0.2, -0.15) is 9.78 Å². The lowest BCUT2D eigenvalue weighted by atomic mass is 9.73. The molecule has 2 aliphatic heterocycles. The van der Waals surface area contributed by atoms with Crippen LogP contribution in [0.2, 0.25) is 0 Å². The minimum atomic E-state index is -0.0665. The summed E-state index contributed by atoms with van der Waals surface area (Å²) in [5.41, 5.74) is 0.480. The zero-order chi connectivity index (χ0) is 18.4. The molecule has 142 valence electrons. The summed E-state index contributed by atoms with van der Waals surface area (Å²) < 4.78 is 1.41. The van der Waals surface area contributed by atoms with Gasteiger partial charge in [0, 0.05) is 37.5 Å². The van der Waals surface area contributed by atoms with Crippen molar-refractivity contribution in [1.82, 2.24) is 40.2 Å². The number of tetrazole rings is 1. The first-order chi connectivity index (χ1) is 13.2. The van der Waals surface area contributed by atoms with Gasteiger partial charge in [0.05, 0.1) is 6.20 Å². The fourth-order valence-corrected chi connectivity index (χ4v) is 4.52. The van der Waals surface area contributed by atoms with E-state index in [0.29, 0.717) is 30.4 Å². The average molecular weight is 370 g/mol. The van der Waals surface area contributed by atoms with Gasteiger partial charge in [-0.05, 0) is 42.5 Å². The minimum absolute atomic E-state index is 0.0170. The Labute approximate surface area is 155 Å². The summed E-state index contributed by atoms with van der Waals surface area (Å²) >= 11 is 0. The van der Waals surface area contributed by atoms with Crippen LogP contribution in [0, 0.1) is 5.41 Å². The highest BCUT2D eigenvalue weighted by Gasteiger charge is 2.46. The van der Waals surface area contributed by atoms with Gasteiger partial charge in [0.25, 0.3) is 5.91 Å². The lowest BCUT2D eigenvalue weighted by Gasteiger charge is -2.48. The van der Waals surface area contributed by atoms with Crippen molar-refractivity contribution in [3.05, 3.63) is 18.1 Å². The Balaban J connectivity index is 1.36. The first kappa shape index (κ1) is 16.4. The Morgan fingerprint density at radius 3 is 2.93 bits per heavy atom. The number of likely N-dealkylation sites (tertiary alicyclic amines) is 2. The Morgan fingerprint density at radius 2 is 2.15 bits per heavy atom. The number of hydrogen-bond acceptors (Lipinski definition) is 6. The highest BCUT2D eigenvalue weighted by molar-refractivity contribution is 5.97. The molecule has 1 unspecified atom stereocenters. The lowest BCUT2D eigenvalue weighted by Crippen LogP contribution is -2.55. The zero-order valence-corrected chi connectivity index (χ0v) is 15.0. The van der Waals surface area contributed by atoms with E-state index in [1.54, 1.807) is 0 Å². The van der Waals surface area contributed by atoms with Crippen LogP contribution in [0.5, 0.6) is 0 Å². The summed E-state index contributed by atoms with van der Waals surface area (Å²) in [6.45, 7) is 2.19. The highest BCUT2D eigenvalue weighted by atomic mass is 16.2. The van der Waals surface area contributed by atoms with Crippen molar-refractivity contribution in [2.24, 2.45) is 5.41 Å². The van der Waals surface area contributed by atoms with Gasteiger partial charge in [0.15, 0.2) is 5.82 Å². The van der Waals surface area contributed by atoms with Crippen molar-refractivity contribution >= 4 is 11.8 Å². The van der Waals surface area contributed by atoms with Crippen LogP contribution in [-0.4, -0.2) is 77.7 Å². The van der Waals surface area contributed by atoms with E-state index in [9.17, 15) is 9.59 Å². The summed E-state index contributed by atoms with van der Waals surface area (Å²) in [5, 5.41) is 17.9. The number of aromatic amines is 1. The Kier molecular flexibility index (Phi) is 3.73. The predicted molar refractivity (Wildman–Crippen MR) is 92.8 cm³/mol. The van der Waals surface area contributed by atoms with Crippen LogP contribution in [0.3, 0.4) is 0 Å². The second-order valence-electron chi connectivity index (χ2n) is 7.97. The first-order valence-electron chi connectivity index (χ1n) is 9.51. The third-order valence-corrected chi connectivity index (χ3v) is 6.06. The lowest BCUT2D eigenvalue weighted by molar-refractivity contribution is -0.139. The molecule has 2 amide bonds. The third kappa shape index (κ3) is 2.88. The zero-order valence-electron chi connectivity index (χ0n) is 15.0. The van der Waals surface area contributed by atoms with E-state index in [0.717, 1.165) is 45.2 Å². The molecule has 0 aromatic carbocycles. The van der Waals surface area contributed by atoms with Crippen LogP contribution < -0.4 is 0 Å². The van der Waals surface area contributed by atoms with Crippen LogP contribution in [0.1, 0.15) is 48.9 Å². The molecular formula is C17H22N8O2. The monoisotopic (exact) mass is 370 g/mol. The summed E-state index contributed by atoms with van der Waals surface area (Å²) in [4.78, 5) is 29.5. The number of nitrogens with zero attached hydrogens (tertiary/aromatic N) is 7. The van der Waals surface area contributed by atoms with Gasteiger partial charge in [0.1, 0.15) is 11.9 Å². The molecule has 1 N–H and O–H groups in total. The standard InChI is InChI=1S/C17H22N8O2/c26-14-4-6-17(10-24(14)12-2-3-12)5-1-7-23(9-17)16(27)13-8-18-20-15(13)25-11-19-21-22-25/h8,11-12H,1-7,9-10H2,(H,18,20). The molecule has 4 heterocycles. The molecule has 27 heavy (non-hydrogen) atoms. The van der Waals surface area contributed by atoms with Crippen LogP contribution in [0.4, 0.5) is 0 Å². The fraction of sp³-hybridized carbons (Fsp3) is 0.647. The maximum absolute atomic E-state index is 13.2. The van der Waals surface area contributed by atoms with Gasteiger partial charge in [-0.25, -0.2) is 0 Å². The van der Waals surface area contributed by atoms with Crippen molar-refractivity contribution in [3.8, 4) is 5.82 Å². The third-order valence-electron chi connectivity index (χ3n) is 6.06. The van der Waals surface area contributed by atoms with Crippen molar-refractivity contribution in [2.75, 3.05) is 19.6 Å². The minimum Gasteiger partial charge on any atom is -0.339 e. The smallest absolute Gasteiger partial charge is 0.259 e. The largest absolute Gasteiger partial charge is 0.339 e. The number of aromatic nitrogens is 6. The Bertz CT molecular complexity index is 858. The molecular weight excluding hydrogens is 348 g/mol. The van der Waals surface area contributed by atoms with Gasteiger partial charge in [-0.3, -0.25) is 14.7 Å². The number of amides is 2. The molecule has 1 saturated carbocycles. The average Bonchev–Trinajstić information content (AvgIpc) is 3.17. The van der Waals surface area contributed by atoms with Crippen molar-refractivity contribution in [1.29, 1.82) is 0 Å². The normalized spacial score (nSPS) is 26.0. The predicted octanol–water partition coefficient (Wildman–Crippen LogP) is 0.393. The van der Waals surface area contributed by atoms with E-state index >= 15 is 0 Å². The number of H-pyrrole nitrogens is 1. The van der Waals surface area contributed by atoms with Crippen molar-refractivity contribution in [3.63, 3.8) is 0 Å². The Hall–Kier alpha value is -2.78. The van der Waals surface area contributed by atoms with Gasteiger partial charge in [-0.15, -0.1) is 5.10 Å². The summed E-state index contributed by atoms with van der Waals surface area (Å²) in [6, 6.07) is 0.432. The molecule has 2 aromatic heterocycles. The van der Waals surface area contributed by atoms with Gasteiger partial charge >= 0.3 is 0 Å². The molecule has 5 rings (SSSR count). The summed E-state index contributed by atoms with van der Waals surface area (Å²) in [7, 11) is 0. The Morgan fingerprint density at radius 1 is 1.26 bits per heavy atom. The maximum atomic E-state index is 13.2. The van der Waals surface area contributed by atoms with Gasteiger partial charge in [-0.1, -0.05) is 0 Å². The maximum Gasteiger partial charge on any atom is 0.259 e. The second kappa shape index (κ2) is 6.14. The molecule has 1 spiro atoms. The molecule has 10 heteroatoms. The van der Waals surface area contributed by atoms with E-state index in [-0.39, 0.29) is 17.2 Å². The second-order valence-corrected chi connectivity index (χ2v) is 7.97. The number of nitrogens with one attached hydrogen (secondary N) is 1. The molecule has 2 saturated heterocycles. The number of piperidine rings is 2. The summed E-state index contributed by atoms with van der Waals surface area (Å²) in [5.74, 6) is 0.689. The van der Waals surface area contributed by atoms with Gasteiger partial charge in [0.2, 0.25) is 5.91 Å². The van der Waals surface area contributed by atoms with Crippen molar-refractivity contribution in [2.45, 2.75) is 44.6 Å². The van der Waals surface area contributed by atoms with Crippen LogP contribution in [0.25, 0.3) is 5.82 Å². The summed E-state index contributed by atoms with van der Waals surface area (Å²) in [6.07, 6.45) is 8.69. The molecule has 0 bridgehead atoms. The van der Waals surface area contributed by atoms with Crippen LogP contribution in [0.15, 0.2) is 12.5 Å². The molecule has 1 atom stereocenters. The topological polar surface area (TPSA) is 113 Å². The molecule has 3 aliphatic rings. The van der Waals surface area contributed by atoms with Crippen molar-refractivity contribution < 1.29 is 9.59 Å². The van der Waals surface area contributed by atoms with Crippen LogP contribution >= 0.6 is 0 Å². The number of carbonyl (C=O) groups excluding carboxylic acids is 2. The SMILES string of the molecule is O=C(c1cn[nH]c1-n1cnnn1)N1CCCC2(CCC(=O)N(C3CC3)C2)C1. The highest BCUT2D eigenvalue weighted by Crippen LogP contribution is 2.42. The van der Waals surface area contributed by atoms with E-state index in [1.165, 1.54) is 17.2 Å². The number of rotatable bonds is 3. The molecule has 10 nitrogen and oxygen atoms in total. The van der Waals surface area contributed by atoms with Gasteiger partial charge < -0.3 is 9.80 Å².